The molecule has 0 aliphatic heterocycles. The fourth-order valence-corrected chi connectivity index (χ4v) is 4.27. The molecule has 0 bridgehead atoms. The zero-order valence-corrected chi connectivity index (χ0v) is 19.5. The molecule has 2 heterocycles. The number of para-hydroxylation sites is 2. The molecule has 1 aromatic carbocycles. The minimum atomic E-state index is -0.633. The third kappa shape index (κ3) is 5.13. The second-order valence-corrected chi connectivity index (χ2v) is 9.10. The van der Waals surface area contributed by atoms with Gasteiger partial charge in [0, 0.05) is 29.7 Å². The van der Waals surface area contributed by atoms with Gasteiger partial charge in [0.05, 0.1) is 18.8 Å². The summed E-state index contributed by atoms with van der Waals surface area (Å²) in [6, 6.07) is 11.0. The topological polar surface area (TPSA) is 86.2 Å². The fraction of sp³-hybridized carbons (Fsp3) is 0.385. The summed E-state index contributed by atoms with van der Waals surface area (Å²) in [5, 5.41) is 3.20. The molecule has 1 aliphatic carbocycles. The van der Waals surface area contributed by atoms with Crippen molar-refractivity contribution in [3.63, 3.8) is 0 Å². The van der Waals surface area contributed by atoms with Crippen LogP contribution in [0, 0.1) is 5.41 Å². The van der Waals surface area contributed by atoms with Crippen LogP contribution in [-0.2, 0) is 11.2 Å². The number of methoxy groups -OCH3 is 1. The predicted octanol–water partition coefficient (Wildman–Crippen LogP) is 4.53. The standard InChI is InChI=1S/C26H30N4O3/c1-5-21(33-23-9-7-6-8-22(23)32-4)25(31)30-20-15-26(2,3)14-19-18(20)16-28-24(29-19)17-10-12-27-13-11-17/h6-13,16,20-21H,5,14-15H2,1-4H3,(H,30,31). The number of rotatable bonds is 7. The zero-order valence-electron chi connectivity index (χ0n) is 19.5. The van der Waals surface area contributed by atoms with E-state index in [9.17, 15) is 4.79 Å². The van der Waals surface area contributed by atoms with Crippen molar-refractivity contribution >= 4 is 5.91 Å². The van der Waals surface area contributed by atoms with Gasteiger partial charge in [-0.3, -0.25) is 9.78 Å². The van der Waals surface area contributed by atoms with Crippen molar-refractivity contribution in [1.29, 1.82) is 0 Å². The van der Waals surface area contributed by atoms with Gasteiger partial charge in [-0.1, -0.05) is 32.9 Å². The van der Waals surface area contributed by atoms with Crippen molar-refractivity contribution in [1.82, 2.24) is 20.3 Å². The van der Waals surface area contributed by atoms with Gasteiger partial charge in [0.1, 0.15) is 0 Å². The van der Waals surface area contributed by atoms with Crippen LogP contribution in [0.15, 0.2) is 55.0 Å². The molecule has 0 spiro atoms. The van der Waals surface area contributed by atoms with Crippen LogP contribution in [0.4, 0.5) is 0 Å². The lowest BCUT2D eigenvalue weighted by molar-refractivity contribution is -0.129. The molecule has 33 heavy (non-hydrogen) atoms. The number of carbonyl (C=O) groups is 1. The maximum Gasteiger partial charge on any atom is 0.261 e. The van der Waals surface area contributed by atoms with E-state index in [0.717, 1.165) is 29.7 Å². The molecule has 2 atom stereocenters. The Kier molecular flexibility index (Phi) is 6.58. The van der Waals surface area contributed by atoms with E-state index in [1.165, 1.54) is 0 Å². The first-order valence-electron chi connectivity index (χ1n) is 11.3. The van der Waals surface area contributed by atoms with E-state index >= 15 is 0 Å². The van der Waals surface area contributed by atoms with E-state index in [2.05, 4.69) is 29.1 Å². The normalized spacial score (nSPS) is 17.5. The Morgan fingerprint density at radius 3 is 2.61 bits per heavy atom. The van der Waals surface area contributed by atoms with Crippen molar-refractivity contribution in [2.45, 2.75) is 52.2 Å². The number of ether oxygens (including phenoxy) is 2. The number of amides is 1. The van der Waals surface area contributed by atoms with Crippen molar-refractivity contribution < 1.29 is 14.3 Å². The molecule has 0 fully saturated rings. The average molecular weight is 447 g/mol. The van der Waals surface area contributed by atoms with Crippen molar-refractivity contribution in [2.24, 2.45) is 5.41 Å². The maximum absolute atomic E-state index is 13.2. The average Bonchev–Trinajstić information content (AvgIpc) is 2.82. The summed E-state index contributed by atoms with van der Waals surface area (Å²) in [4.78, 5) is 26.7. The van der Waals surface area contributed by atoms with Gasteiger partial charge in [0.25, 0.3) is 5.91 Å². The molecule has 172 valence electrons. The highest BCUT2D eigenvalue weighted by Crippen LogP contribution is 2.40. The molecule has 0 saturated carbocycles. The smallest absolute Gasteiger partial charge is 0.261 e. The summed E-state index contributed by atoms with van der Waals surface area (Å²) < 4.78 is 11.4. The first kappa shape index (κ1) is 22.7. The number of fused-ring (bicyclic) bond motifs is 1. The van der Waals surface area contributed by atoms with E-state index < -0.39 is 6.10 Å². The van der Waals surface area contributed by atoms with Crippen LogP contribution in [0.3, 0.4) is 0 Å². The summed E-state index contributed by atoms with van der Waals surface area (Å²) in [5.74, 6) is 1.67. The van der Waals surface area contributed by atoms with Gasteiger partial charge in [0.15, 0.2) is 23.4 Å². The van der Waals surface area contributed by atoms with Gasteiger partial charge in [0.2, 0.25) is 0 Å². The van der Waals surface area contributed by atoms with E-state index in [0.29, 0.717) is 23.7 Å². The van der Waals surface area contributed by atoms with Crippen molar-refractivity contribution in [2.75, 3.05) is 7.11 Å². The molecule has 4 rings (SSSR count). The van der Waals surface area contributed by atoms with Gasteiger partial charge in [-0.05, 0) is 48.9 Å². The molecule has 1 amide bonds. The third-order valence-corrected chi connectivity index (χ3v) is 5.93. The van der Waals surface area contributed by atoms with Gasteiger partial charge in [-0.15, -0.1) is 0 Å². The zero-order chi connectivity index (χ0) is 23.4. The van der Waals surface area contributed by atoms with Gasteiger partial charge in [-0.25, -0.2) is 9.97 Å². The lowest BCUT2D eigenvalue weighted by Gasteiger charge is -2.37. The van der Waals surface area contributed by atoms with Crippen LogP contribution < -0.4 is 14.8 Å². The summed E-state index contributed by atoms with van der Waals surface area (Å²) in [5.41, 5.74) is 2.85. The Labute approximate surface area is 194 Å². The Balaban J connectivity index is 1.57. The molecule has 3 aromatic rings. The van der Waals surface area contributed by atoms with Crippen LogP contribution in [0.1, 0.15) is 50.9 Å². The Hall–Kier alpha value is -3.48. The number of nitrogens with zero attached hydrogens (tertiary/aromatic N) is 3. The number of benzene rings is 1. The lowest BCUT2D eigenvalue weighted by atomic mass is 9.74. The number of pyridine rings is 1. The molecule has 7 nitrogen and oxygen atoms in total. The van der Waals surface area contributed by atoms with E-state index in [-0.39, 0.29) is 17.4 Å². The lowest BCUT2D eigenvalue weighted by Crippen LogP contribution is -2.43. The quantitative estimate of drug-likeness (QED) is 0.574. The molecule has 1 N–H and O–H groups in total. The monoisotopic (exact) mass is 446 g/mol. The van der Waals surface area contributed by atoms with Crippen LogP contribution in [0.25, 0.3) is 11.4 Å². The minimum absolute atomic E-state index is 0.0139. The van der Waals surface area contributed by atoms with Gasteiger partial charge < -0.3 is 14.8 Å². The number of carbonyl (C=O) groups excluding carboxylic acids is 1. The highest BCUT2D eigenvalue weighted by Gasteiger charge is 2.35. The first-order chi connectivity index (χ1) is 15.9. The minimum Gasteiger partial charge on any atom is -0.493 e. The molecule has 2 unspecified atom stereocenters. The largest absolute Gasteiger partial charge is 0.493 e. The maximum atomic E-state index is 13.2. The molecular weight excluding hydrogens is 416 g/mol. The van der Waals surface area contributed by atoms with E-state index in [4.69, 9.17) is 14.5 Å². The molecule has 2 aromatic heterocycles. The van der Waals surface area contributed by atoms with Crippen molar-refractivity contribution in [3.05, 3.63) is 66.2 Å². The fourth-order valence-electron chi connectivity index (χ4n) is 4.27. The molecule has 0 radical (unpaired) electrons. The second kappa shape index (κ2) is 9.57. The second-order valence-electron chi connectivity index (χ2n) is 9.10. The predicted molar refractivity (Wildman–Crippen MR) is 126 cm³/mol. The molecule has 0 saturated heterocycles. The number of aromatic nitrogens is 3. The summed E-state index contributed by atoms with van der Waals surface area (Å²) in [6.45, 7) is 6.33. The summed E-state index contributed by atoms with van der Waals surface area (Å²) in [6.07, 6.45) is 6.84. The number of hydrogen-bond donors (Lipinski definition) is 1. The van der Waals surface area contributed by atoms with E-state index in [1.54, 1.807) is 19.5 Å². The van der Waals surface area contributed by atoms with Crippen LogP contribution in [0.2, 0.25) is 0 Å². The SMILES string of the molecule is CCC(Oc1ccccc1OC)C(=O)NC1CC(C)(C)Cc2nc(-c3ccncc3)ncc21. The number of nitrogens with one attached hydrogen (secondary N) is 1. The van der Waals surface area contributed by atoms with Crippen LogP contribution in [0.5, 0.6) is 11.5 Å². The van der Waals surface area contributed by atoms with Gasteiger partial charge in [-0.2, -0.15) is 0 Å². The van der Waals surface area contributed by atoms with Crippen LogP contribution in [-0.4, -0.2) is 34.1 Å². The summed E-state index contributed by atoms with van der Waals surface area (Å²) >= 11 is 0. The van der Waals surface area contributed by atoms with Crippen molar-refractivity contribution in [3.8, 4) is 22.9 Å². The van der Waals surface area contributed by atoms with E-state index in [1.807, 2.05) is 49.5 Å². The summed E-state index contributed by atoms with van der Waals surface area (Å²) in [7, 11) is 1.59. The van der Waals surface area contributed by atoms with Gasteiger partial charge >= 0.3 is 0 Å². The highest BCUT2D eigenvalue weighted by atomic mass is 16.5. The number of hydrogen-bond acceptors (Lipinski definition) is 6. The first-order valence-corrected chi connectivity index (χ1v) is 11.3. The molecule has 7 heteroatoms. The van der Waals surface area contributed by atoms with Crippen LogP contribution >= 0.6 is 0 Å². The Morgan fingerprint density at radius 2 is 1.91 bits per heavy atom. The third-order valence-electron chi connectivity index (χ3n) is 5.93. The Morgan fingerprint density at radius 1 is 1.18 bits per heavy atom. The Bertz CT molecular complexity index is 1120. The molecule has 1 aliphatic rings. The highest BCUT2D eigenvalue weighted by molar-refractivity contribution is 5.81. The molecular formula is C26H30N4O3.